The molecule has 5 rings (SSSR count). The molecule has 32 heavy (non-hydrogen) atoms. The Hall–Kier alpha value is -1.27. The van der Waals surface area contributed by atoms with E-state index in [1.807, 2.05) is 0 Å². The third-order valence-electron chi connectivity index (χ3n) is 9.63. The van der Waals surface area contributed by atoms with Gasteiger partial charge in [-0.2, -0.15) is 13.2 Å². The van der Waals surface area contributed by atoms with E-state index in [4.69, 9.17) is 9.47 Å². The van der Waals surface area contributed by atoms with Crippen molar-refractivity contribution >= 4 is 11.9 Å². The number of hydrogen-bond donors (Lipinski definition) is 0. The minimum atomic E-state index is -4.63. The molecule has 5 aliphatic rings. The van der Waals surface area contributed by atoms with E-state index < -0.39 is 41.6 Å². The highest BCUT2D eigenvalue weighted by molar-refractivity contribution is 5.82. The van der Waals surface area contributed by atoms with E-state index >= 15 is 0 Å². The van der Waals surface area contributed by atoms with Crippen molar-refractivity contribution in [1.82, 2.24) is 0 Å². The summed E-state index contributed by atoms with van der Waals surface area (Å²) in [5.41, 5.74) is -2.19. The Labute approximate surface area is 188 Å². The minimum Gasteiger partial charge on any atom is -0.458 e. The fourth-order valence-electron chi connectivity index (χ4n) is 8.84. The number of fused-ring (bicyclic) bond motifs is 3. The maximum atomic E-state index is 13.8. The molecule has 10 atom stereocenters. The summed E-state index contributed by atoms with van der Waals surface area (Å²) in [6.07, 6.45) is -4.60. The Balaban J connectivity index is 1.34. The van der Waals surface area contributed by atoms with Crippen molar-refractivity contribution in [2.24, 2.45) is 57.7 Å². The van der Waals surface area contributed by atoms with Gasteiger partial charge in [-0.15, -0.1) is 0 Å². The largest absolute Gasteiger partial charge is 0.458 e. The lowest BCUT2D eigenvalue weighted by Crippen LogP contribution is -2.49. The van der Waals surface area contributed by atoms with Crippen molar-refractivity contribution in [2.45, 2.75) is 85.6 Å². The van der Waals surface area contributed by atoms with Gasteiger partial charge in [0.25, 0.3) is 0 Å². The van der Waals surface area contributed by atoms with E-state index in [0.717, 1.165) is 12.8 Å². The second kappa shape index (κ2) is 6.44. The number of alkyl halides is 3. The SMILES string of the molecule is CC(C)(C)C1C2CC(C(=O)OC3C4CC5C3OC(=O)C5(C(F)(F)F)C4)C(C2)C1C(C)(C)C. The fourth-order valence-corrected chi connectivity index (χ4v) is 8.84. The molecule has 4 bridgehead atoms. The van der Waals surface area contributed by atoms with E-state index in [1.165, 1.54) is 0 Å². The zero-order valence-corrected chi connectivity index (χ0v) is 19.8. The maximum Gasteiger partial charge on any atom is 0.405 e. The molecule has 180 valence electrons. The quantitative estimate of drug-likeness (QED) is 0.523. The van der Waals surface area contributed by atoms with Crippen LogP contribution < -0.4 is 0 Å². The zero-order valence-electron chi connectivity index (χ0n) is 19.8. The summed E-state index contributed by atoms with van der Waals surface area (Å²) in [7, 11) is 0. The summed E-state index contributed by atoms with van der Waals surface area (Å²) in [6.45, 7) is 13.6. The first kappa shape index (κ1) is 22.5. The number of rotatable bonds is 2. The van der Waals surface area contributed by atoms with Gasteiger partial charge in [-0.05, 0) is 60.2 Å². The lowest BCUT2D eigenvalue weighted by Gasteiger charge is -2.48. The molecule has 0 aromatic rings. The van der Waals surface area contributed by atoms with E-state index in [0.29, 0.717) is 17.8 Å². The predicted molar refractivity (Wildman–Crippen MR) is 110 cm³/mol. The topological polar surface area (TPSA) is 52.6 Å². The second-order valence-electron chi connectivity index (χ2n) is 13.3. The Bertz CT molecular complexity index is 838. The molecule has 1 saturated heterocycles. The first-order chi connectivity index (χ1) is 14.6. The molecule has 5 fully saturated rings. The molecule has 0 N–H and O–H groups in total. The lowest BCUT2D eigenvalue weighted by molar-refractivity contribution is -0.231. The van der Waals surface area contributed by atoms with Crippen molar-refractivity contribution in [3.05, 3.63) is 0 Å². The second-order valence-corrected chi connectivity index (χ2v) is 13.3. The van der Waals surface area contributed by atoms with Gasteiger partial charge in [0.05, 0.1) is 5.92 Å². The highest BCUT2D eigenvalue weighted by atomic mass is 19.4. The van der Waals surface area contributed by atoms with Gasteiger partial charge in [-0.1, -0.05) is 41.5 Å². The van der Waals surface area contributed by atoms with Gasteiger partial charge < -0.3 is 9.47 Å². The van der Waals surface area contributed by atoms with Crippen LogP contribution >= 0.6 is 0 Å². The first-order valence-corrected chi connectivity index (χ1v) is 12.1. The van der Waals surface area contributed by atoms with Crippen molar-refractivity contribution in [2.75, 3.05) is 0 Å². The molecule has 0 radical (unpaired) electrons. The molecule has 4 aliphatic carbocycles. The van der Waals surface area contributed by atoms with Crippen LogP contribution in [0.25, 0.3) is 0 Å². The highest BCUT2D eigenvalue weighted by Gasteiger charge is 2.80. The zero-order chi connectivity index (χ0) is 23.6. The van der Waals surface area contributed by atoms with Gasteiger partial charge in [-0.3, -0.25) is 9.59 Å². The molecule has 7 heteroatoms. The van der Waals surface area contributed by atoms with E-state index in [2.05, 4.69) is 41.5 Å². The van der Waals surface area contributed by atoms with Crippen molar-refractivity contribution in [3.63, 3.8) is 0 Å². The summed E-state index contributed by atoms with van der Waals surface area (Å²) in [5, 5.41) is 0. The first-order valence-electron chi connectivity index (χ1n) is 12.1. The molecule has 10 unspecified atom stereocenters. The van der Waals surface area contributed by atoms with E-state index in [9.17, 15) is 22.8 Å². The highest BCUT2D eigenvalue weighted by Crippen LogP contribution is 2.68. The average Bonchev–Trinajstić information content (AvgIpc) is 3.38. The number of halogens is 3. The number of carbonyl (C=O) groups is 2. The molecule has 0 aromatic carbocycles. The van der Waals surface area contributed by atoms with Crippen LogP contribution in [0.1, 0.15) is 67.2 Å². The lowest BCUT2D eigenvalue weighted by atomic mass is 9.57. The fraction of sp³-hybridized carbons (Fsp3) is 0.920. The standard InChI is InChI=1S/C25H35F3O4/c1-22(2,3)16-11-7-13(17(16)23(4,5)6)14(8-11)20(29)31-18-12-9-15-19(18)32-21(30)24(15,10-12)25(26,27)28/h11-19H,7-10H2,1-6H3. The van der Waals surface area contributed by atoms with Crippen molar-refractivity contribution in [3.8, 4) is 0 Å². The summed E-state index contributed by atoms with van der Waals surface area (Å²) in [6, 6.07) is 0. The summed E-state index contributed by atoms with van der Waals surface area (Å²) >= 11 is 0. The molecule has 0 spiro atoms. The van der Waals surface area contributed by atoms with Gasteiger partial charge in [0, 0.05) is 11.8 Å². The minimum absolute atomic E-state index is 0.0516. The molecular formula is C25H35F3O4. The van der Waals surface area contributed by atoms with E-state index in [1.54, 1.807) is 0 Å². The summed E-state index contributed by atoms with van der Waals surface area (Å²) in [4.78, 5) is 25.6. The van der Waals surface area contributed by atoms with Crippen LogP contribution in [0.3, 0.4) is 0 Å². The Kier molecular flexibility index (Phi) is 4.53. The Morgan fingerprint density at radius 3 is 2.16 bits per heavy atom. The molecule has 1 heterocycles. The third kappa shape index (κ3) is 2.81. The number of hydrogen-bond acceptors (Lipinski definition) is 4. The average molecular weight is 457 g/mol. The van der Waals surface area contributed by atoms with Crippen LogP contribution in [0.4, 0.5) is 13.2 Å². The molecule has 0 aromatic heterocycles. The van der Waals surface area contributed by atoms with Crippen LogP contribution in [0.5, 0.6) is 0 Å². The number of ether oxygens (including phenoxy) is 2. The van der Waals surface area contributed by atoms with Crippen LogP contribution in [-0.4, -0.2) is 30.3 Å². The number of esters is 2. The Morgan fingerprint density at radius 2 is 1.59 bits per heavy atom. The van der Waals surface area contributed by atoms with Crippen LogP contribution in [0.2, 0.25) is 0 Å². The van der Waals surface area contributed by atoms with Crippen LogP contribution in [0.15, 0.2) is 0 Å². The normalized spacial score (nSPS) is 47.3. The van der Waals surface area contributed by atoms with Gasteiger partial charge in [0.2, 0.25) is 0 Å². The van der Waals surface area contributed by atoms with Crippen molar-refractivity contribution < 1.29 is 32.2 Å². The van der Waals surface area contributed by atoms with Crippen LogP contribution in [0, 0.1) is 57.7 Å². The maximum absolute atomic E-state index is 13.8. The molecule has 4 nitrogen and oxygen atoms in total. The monoisotopic (exact) mass is 456 g/mol. The summed E-state index contributed by atoms with van der Waals surface area (Å²) in [5.74, 6) is -1.46. The smallest absolute Gasteiger partial charge is 0.405 e. The van der Waals surface area contributed by atoms with Gasteiger partial charge in [-0.25, -0.2) is 0 Å². The van der Waals surface area contributed by atoms with Gasteiger partial charge in [0.1, 0.15) is 12.2 Å². The van der Waals surface area contributed by atoms with Crippen molar-refractivity contribution in [1.29, 1.82) is 0 Å². The van der Waals surface area contributed by atoms with Crippen LogP contribution in [-0.2, 0) is 19.1 Å². The molecular weight excluding hydrogens is 421 g/mol. The van der Waals surface area contributed by atoms with E-state index in [-0.39, 0.29) is 41.5 Å². The third-order valence-corrected chi connectivity index (χ3v) is 9.63. The van der Waals surface area contributed by atoms with Gasteiger partial charge in [0.15, 0.2) is 5.41 Å². The molecule has 0 amide bonds. The molecule has 4 saturated carbocycles. The number of carbonyl (C=O) groups excluding carboxylic acids is 2. The van der Waals surface area contributed by atoms with Gasteiger partial charge >= 0.3 is 18.1 Å². The Morgan fingerprint density at radius 1 is 0.969 bits per heavy atom. The summed E-state index contributed by atoms with van der Waals surface area (Å²) < 4.78 is 52.4. The predicted octanol–water partition coefficient (Wildman–Crippen LogP) is 5.39. The molecule has 1 aliphatic heterocycles.